The van der Waals surface area contributed by atoms with Gasteiger partial charge in [0, 0.05) is 0 Å². The maximum Gasteiger partial charge on any atom is 0.419 e. The van der Waals surface area contributed by atoms with Crippen molar-refractivity contribution in [1.82, 2.24) is 0 Å². The zero-order chi connectivity index (χ0) is 20.9. The first-order valence-electron chi connectivity index (χ1n) is 11.0. The molecule has 0 aromatic heterocycles. The molecule has 29 heavy (non-hydrogen) atoms. The molecular weight excluding hydrogens is 383 g/mol. The van der Waals surface area contributed by atoms with Crippen LogP contribution >= 0.6 is 0 Å². The molecule has 3 rings (SSSR count). The minimum absolute atomic E-state index is 0.165. The fourth-order valence-electron chi connectivity index (χ4n) is 5.23. The maximum atomic E-state index is 13.9. The summed E-state index contributed by atoms with van der Waals surface area (Å²) >= 11 is 0. The Hall–Kier alpha value is -1.39. The van der Waals surface area contributed by atoms with Crippen LogP contribution in [0.4, 0.5) is 22.0 Å². The van der Waals surface area contributed by atoms with Gasteiger partial charge in [0.1, 0.15) is 5.82 Å². The van der Waals surface area contributed by atoms with Gasteiger partial charge in [-0.2, -0.15) is 13.2 Å². The van der Waals surface area contributed by atoms with Gasteiger partial charge in [-0.25, -0.2) is 4.39 Å². The van der Waals surface area contributed by atoms with Crippen LogP contribution in [-0.4, -0.2) is 6.67 Å². The molecular formula is C24H31F5. The van der Waals surface area contributed by atoms with E-state index in [9.17, 15) is 22.0 Å². The molecule has 2 aliphatic rings. The van der Waals surface area contributed by atoms with Crippen LogP contribution in [0.15, 0.2) is 30.4 Å². The van der Waals surface area contributed by atoms with Crippen molar-refractivity contribution >= 4 is 0 Å². The summed E-state index contributed by atoms with van der Waals surface area (Å²) in [4.78, 5) is 0. The molecule has 0 aliphatic heterocycles. The molecule has 2 fully saturated rings. The van der Waals surface area contributed by atoms with E-state index < -0.39 is 17.6 Å². The van der Waals surface area contributed by atoms with E-state index in [1.165, 1.54) is 31.7 Å². The van der Waals surface area contributed by atoms with E-state index in [0.29, 0.717) is 23.8 Å². The first-order valence-corrected chi connectivity index (χ1v) is 11.0. The number of benzene rings is 1. The lowest BCUT2D eigenvalue weighted by molar-refractivity contribution is -0.140. The van der Waals surface area contributed by atoms with Crippen molar-refractivity contribution in [2.75, 3.05) is 6.67 Å². The molecule has 0 atom stereocenters. The van der Waals surface area contributed by atoms with Gasteiger partial charge >= 0.3 is 6.18 Å². The largest absolute Gasteiger partial charge is 0.419 e. The molecule has 0 radical (unpaired) electrons. The van der Waals surface area contributed by atoms with Crippen LogP contribution in [0, 0.1) is 23.6 Å². The first kappa shape index (κ1) is 22.3. The van der Waals surface area contributed by atoms with E-state index in [4.69, 9.17) is 0 Å². The van der Waals surface area contributed by atoms with Crippen molar-refractivity contribution in [3.63, 3.8) is 0 Å². The van der Waals surface area contributed by atoms with E-state index in [0.717, 1.165) is 50.2 Å². The smallest absolute Gasteiger partial charge is 0.251 e. The topological polar surface area (TPSA) is 0 Å². The van der Waals surface area contributed by atoms with Crippen molar-refractivity contribution in [1.29, 1.82) is 0 Å². The Morgan fingerprint density at radius 2 is 1.52 bits per heavy atom. The molecule has 0 amide bonds. The average molecular weight is 415 g/mol. The summed E-state index contributed by atoms with van der Waals surface area (Å²) in [7, 11) is 0. The van der Waals surface area contributed by atoms with E-state index in [1.54, 1.807) is 0 Å². The lowest BCUT2D eigenvalue weighted by atomic mass is 9.68. The van der Waals surface area contributed by atoms with Crippen LogP contribution in [0.2, 0.25) is 0 Å². The van der Waals surface area contributed by atoms with Gasteiger partial charge in [-0.1, -0.05) is 18.2 Å². The summed E-state index contributed by atoms with van der Waals surface area (Å²) in [6.45, 7) is -0.251. The molecule has 1 aromatic rings. The highest BCUT2D eigenvalue weighted by molar-refractivity contribution is 5.29. The van der Waals surface area contributed by atoms with Gasteiger partial charge in [-0.15, -0.1) is 0 Å². The normalized spacial score (nSPS) is 28.7. The highest BCUT2D eigenvalue weighted by Gasteiger charge is 2.35. The second-order valence-corrected chi connectivity index (χ2v) is 8.78. The minimum Gasteiger partial charge on any atom is -0.251 e. The molecule has 0 spiro atoms. The Bertz CT molecular complexity index is 662. The van der Waals surface area contributed by atoms with Gasteiger partial charge in [0.25, 0.3) is 0 Å². The quantitative estimate of drug-likeness (QED) is 0.250. The van der Waals surface area contributed by atoms with Crippen LogP contribution in [-0.2, 0) is 6.18 Å². The third kappa shape index (κ3) is 6.05. The molecule has 162 valence electrons. The van der Waals surface area contributed by atoms with E-state index in [2.05, 4.69) is 12.2 Å². The van der Waals surface area contributed by atoms with Gasteiger partial charge in [0.05, 0.1) is 12.2 Å². The molecule has 0 heterocycles. The fourth-order valence-corrected chi connectivity index (χ4v) is 5.23. The Labute approximate surface area is 170 Å². The lowest BCUT2D eigenvalue weighted by Gasteiger charge is -2.37. The van der Waals surface area contributed by atoms with Gasteiger partial charge in [0.2, 0.25) is 0 Å². The number of unbranched alkanes of at least 4 members (excludes halogenated alkanes) is 1. The van der Waals surface area contributed by atoms with Crippen molar-refractivity contribution < 1.29 is 22.0 Å². The Kier molecular flexibility index (Phi) is 7.75. The van der Waals surface area contributed by atoms with Gasteiger partial charge < -0.3 is 0 Å². The number of hydrogen-bond acceptors (Lipinski definition) is 0. The second kappa shape index (κ2) is 10.1. The van der Waals surface area contributed by atoms with Crippen LogP contribution in [0.25, 0.3) is 0 Å². The van der Waals surface area contributed by atoms with Crippen LogP contribution in [0.1, 0.15) is 81.3 Å². The number of hydrogen-bond donors (Lipinski definition) is 0. The molecule has 0 saturated heterocycles. The van der Waals surface area contributed by atoms with E-state index in [1.807, 2.05) is 0 Å². The summed E-state index contributed by atoms with van der Waals surface area (Å²) in [5.41, 5.74) is -0.471. The predicted octanol–water partition coefficient (Wildman–Crippen LogP) is 8.23. The monoisotopic (exact) mass is 414 g/mol. The fraction of sp³-hybridized carbons (Fsp3) is 0.667. The summed E-state index contributed by atoms with van der Waals surface area (Å²) < 4.78 is 64.3. The second-order valence-electron chi connectivity index (χ2n) is 8.78. The highest BCUT2D eigenvalue weighted by atomic mass is 19.4. The molecule has 2 saturated carbocycles. The Morgan fingerprint density at radius 1 is 0.897 bits per heavy atom. The Balaban J connectivity index is 1.46. The third-order valence-electron chi connectivity index (χ3n) is 6.94. The van der Waals surface area contributed by atoms with Crippen molar-refractivity contribution in [2.24, 2.45) is 17.8 Å². The first-order chi connectivity index (χ1) is 13.9. The Morgan fingerprint density at radius 3 is 2.07 bits per heavy atom. The van der Waals surface area contributed by atoms with Crippen LogP contribution in [0.3, 0.4) is 0 Å². The van der Waals surface area contributed by atoms with Crippen LogP contribution < -0.4 is 0 Å². The van der Waals surface area contributed by atoms with Crippen molar-refractivity contribution in [3.05, 3.63) is 47.3 Å². The zero-order valence-electron chi connectivity index (χ0n) is 16.9. The van der Waals surface area contributed by atoms with Crippen LogP contribution in [0.5, 0.6) is 0 Å². The molecule has 0 unspecified atom stereocenters. The van der Waals surface area contributed by atoms with Gasteiger partial charge in [-0.05, 0) is 106 Å². The average Bonchev–Trinajstić information content (AvgIpc) is 2.71. The standard InChI is InChI=1S/C24H31F5/c25-15-3-1-2-4-17-5-7-18(8-6-17)19-9-11-20(12-10-19)21-13-14-22(23(26)16-21)24(27,28)29/h2,4,13-14,16-20H,1,3,5-12,15H2. The minimum atomic E-state index is -4.64. The molecule has 0 N–H and O–H groups in total. The number of rotatable bonds is 6. The number of alkyl halides is 4. The summed E-state index contributed by atoms with van der Waals surface area (Å²) in [6.07, 6.45) is 10.0. The van der Waals surface area contributed by atoms with Crippen molar-refractivity contribution in [2.45, 2.75) is 76.3 Å². The maximum absolute atomic E-state index is 13.9. The third-order valence-corrected chi connectivity index (χ3v) is 6.94. The lowest BCUT2D eigenvalue weighted by Crippen LogP contribution is -2.25. The molecule has 2 aliphatic carbocycles. The molecule has 1 aromatic carbocycles. The SMILES string of the molecule is FCCCC=CC1CCC(C2CCC(c3ccc(C(F)(F)F)c(F)c3)CC2)CC1. The van der Waals surface area contributed by atoms with E-state index >= 15 is 0 Å². The zero-order valence-corrected chi connectivity index (χ0v) is 16.9. The van der Waals surface area contributed by atoms with E-state index in [-0.39, 0.29) is 12.6 Å². The molecule has 0 nitrogen and oxygen atoms in total. The summed E-state index contributed by atoms with van der Waals surface area (Å²) in [5.74, 6) is 1.04. The summed E-state index contributed by atoms with van der Waals surface area (Å²) in [6, 6.07) is 3.44. The number of halogens is 5. The summed E-state index contributed by atoms with van der Waals surface area (Å²) in [5, 5.41) is 0. The number of allylic oxidation sites excluding steroid dienone is 2. The predicted molar refractivity (Wildman–Crippen MR) is 106 cm³/mol. The molecule has 5 heteroatoms. The molecule has 0 bridgehead atoms. The van der Waals surface area contributed by atoms with Gasteiger partial charge in [0.15, 0.2) is 0 Å². The van der Waals surface area contributed by atoms with Crippen molar-refractivity contribution in [3.8, 4) is 0 Å². The highest BCUT2D eigenvalue weighted by Crippen LogP contribution is 2.44. The van der Waals surface area contributed by atoms with Gasteiger partial charge in [-0.3, -0.25) is 4.39 Å².